The average molecular weight is 569 g/mol. The molecule has 0 saturated carbocycles. The van der Waals surface area contributed by atoms with Gasteiger partial charge in [0.1, 0.15) is 11.4 Å². The van der Waals surface area contributed by atoms with E-state index < -0.39 is 5.60 Å². The fraction of sp³-hybridized carbons (Fsp3) is 0.306. The first-order valence-corrected chi connectivity index (χ1v) is 15.3. The van der Waals surface area contributed by atoms with Crippen molar-refractivity contribution < 1.29 is 19.0 Å². The van der Waals surface area contributed by atoms with Crippen LogP contribution in [0.4, 0.5) is 0 Å². The van der Waals surface area contributed by atoms with E-state index in [1.54, 1.807) is 7.11 Å². The van der Waals surface area contributed by atoms with Crippen LogP contribution in [0.25, 0.3) is 0 Å². The molecule has 4 aromatic rings. The van der Waals surface area contributed by atoms with Crippen LogP contribution in [0.3, 0.4) is 0 Å². The highest BCUT2D eigenvalue weighted by Crippen LogP contribution is 2.41. The number of benzene rings is 4. The summed E-state index contributed by atoms with van der Waals surface area (Å²) in [6, 6.07) is 38.0. The van der Waals surface area contributed by atoms with E-state index in [0.717, 1.165) is 35.3 Å². The van der Waals surface area contributed by atoms with Gasteiger partial charge in [-0.1, -0.05) is 141 Å². The first-order valence-electron chi connectivity index (χ1n) is 14.4. The maximum atomic E-state index is 13.3. The minimum atomic E-state index is -0.898. The molecule has 214 valence electrons. The smallest absolute Gasteiger partial charge is 0.219 e. The fourth-order valence-corrected chi connectivity index (χ4v) is 5.77. The van der Waals surface area contributed by atoms with E-state index in [2.05, 4.69) is 43.3 Å². The van der Waals surface area contributed by atoms with Crippen LogP contribution >= 0.6 is 11.8 Å². The third-order valence-corrected chi connectivity index (χ3v) is 8.13. The molecule has 41 heavy (non-hydrogen) atoms. The van der Waals surface area contributed by atoms with E-state index in [0.29, 0.717) is 25.4 Å². The Labute approximate surface area is 249 Å². The Bertz CT molecular complexity index is 1250. The molecule has 5 heteroatoms. The molecule has 0 amide bonds. The number of carbonyl (C=O) groups excluding carboxylic acids is 1. The molecule has 0 N–H and O–H groups in total. The topological polar surface area (TPSA) is 44.8 Å². The Morgan fingerprint density at radius 2 is 1.27 bits per heavy atom. The molecule has 0 fully saturated rings. The van der Waals surface area contributed by atoms with Crippen molar-refractivity contribution in [3.63, 3.8) is 0 Å². The molecule has 0 spiro atoms. The molecule has 4 rings (SSSR count). The van der Waals surface area contributed by atoms with Crippen LogP contribution < -0.4 is 4.74 Å². The zero-order valence-corrected chi connectivity index (χ0v) is 24.9. The SMILES string of the molecule is CCCCCCOC[C@@H](COC(c1ccccc1)(c1ccccc1)c1ccc(OC)cc1)SC(=O)c1ccccc1. The summed E-state index contributed by atoms with van der Waals surface area (Å²) in [5, 5.41) is -0.179. The largest absolute Gasteiger partial charge is 0.497 e. The number of hydrogen-bond donors (Lipinski definition) is 0. The van der Waals surface area contributed by atoms with Crippen molar-refractivity contribution in [2.45, 2.75) is 43.5 Å². The van der Waals surface area contributed by atoms with Gasteiger partial charge in [-0.2, -0.15) is 0 Å². The Balaban J connectivity index is 1.66. The van der Waals surface area contributed by atoms with Crippen LogP contribution in [0.1, 0.15) is 59.7 Å². The van der Waals surface area contributed by atoms with Crippen molar-refractivity contribution in [1.29, 1.82) is 0 Å². The minimum absolute atomic E-state index is 0.0169. The predicted octanol–water partition coefficient (Wildman–Crippen LogP) is 8.54. The predicted molar refractivity (Wildman–Crippen MR) is 169 cm³/mol. The molecular formula is C36H40O4S. The number of carbonyl (C=O) groups is 1. The molecule has 0 unspecified atom stereocenters. The highest BCUT2D eigenvalue weighted by atomic mass is 32.2. The highest BCUT2D eigenvalue weighted by Gasteiger charge is 2.38. The van der Waals surface area contributed by atoms with Crippen LogP contribution in [-0.2, 0) is 15.1 Å². The molecule has 4 aromatic carbocycles. The summed E-state index contributed by atoms with van der Waals surface area (Å²) < 4.78 is 18.6. The summed E-state index contributed by atoms with van der Waals surface area (Å²) in [5.41, 5.74) is 2.78. The lowest BCUT2D eigenvalue weighted by Crippen LogP contribution is -2.36. The molecule has 0 aliphatic heterocycles. The number of ether oxygens (including phenoxy) is 3. The number of methoxy groups -OCH3 is 1. The van der Waals surface area contributed by atoms with E-state index in [-0.39, 0.29) is 10.4 Å². The summed E-state index contributed by atoms with van der Waals surface area (Å²) in [7, 11) is 1.67. The molecule has 4 nitrogen and oxygen atoms in total. The van der Waals surface area contributed by atoms with Crippen molar-refractivity contribution in [1.82, 2.24) is 0 Å². The fourth-order valence-electron chi connectivity index (χ4n) is 4.89. The van der Waals surface area contributed by atoms with Gasteiger partial charge in [-0.15, -0.1) is 0 Å². The first-order chi connectivity index (χ1) is 20.2. The lowest BCUT2D eigenvalue weighted by Gasteiger charge is -2.37. The number of unbranched alkanes of at least 4 members (excludes halogenated alkanes) is 3. The maximum absolute atomic E-state index is 13.3. The van der Waals surface area contributed by atoms with E-state index >= 15 is 0 Å². The Morgan fingerprint density at radius 1 is 0.707 bits per heavy atom. The Kier molecular flexibility index (Phi) is 12.1. The maximum Gasteiger partial charge on any atom is 0.219 e. The monoisotopic (exact) mass is 568 g/mol. The van der Waals surface area contributed by atoms with Crippen LogP contribution in [0, 0.1) is 0 Å². The molecule has 0 bridgehead atoms. The second kappa shape index (κ2) is 16.2. The molecule has 0 aliphatic rings. The van der Waals surface area contributed by atoms with E-state index in [1.807, 2.05) is 78.9 Å². The zero-order valence-electron chi connectivity index (χ0n) is 24.0. The van der Waals surface area contributed by atoms with Gasteiger partial charge in [-0.25, -0.2) is 0 Å². The minimum Gasteiger partial charge on any atom is -0.497 e. The molecule has 0 saturated heterocycles. The standard InChI is InChI=1S/C36H40O4S/c1-3-4-5-15-26-39-27-34(41-35(37)29-16-9-6-10-17-29)28-40-36(30-18-11-7-12-19-30,31-20-13-8-14-21-31)32-22-24-33(38-2)25-23-32/h6-14,16-25,34H,3-5,15,26-28H2,1-2H3/t34-/m0/s1. The number of hydrogen-bond acceptors (Lipinski definition) is 5. The molecule has 0 aliphatic carbocycles. The lowest BCUT2D eigenvalue weighted by atomic mass is 9.80. The van der Waals surface area contributed by atoms with E-state index in [4.69, 9.17) is 14.2 Å². The normalized spacial score (nSPS) is 12.1. The summed E-state index contributed by atoms with van der Waals surface area (Å²) in [4.78, 5) is 13.3. The van der Waals surface area contributed by atoms with Crippen molar-refractivity contribution >= 4 is 16.9 Å². The summed E-state index contributed by atoms with van der Waals surface area (Å²) in [6.45, 7) is 3.62. The average Bonchev–Trinajstić information content (AvgIpc) is 3.04. The van der Waals surface area contributed by atoms with E-state index in [9.17, 15) is 4.79 Å². The first kappa shape index (κ1) is 30.6. The van der Waals surface area contributed by atoms with Gasteiger partial charge in [0.05, 0.1) is 25.6 Å². The number of thioether (sulfide) groups is 1. The van der Waals surface area contributed by atoms with Gasteiger partial charge in [-0.05, 0) is 35.2 Å². The molecule has 0 radical (unpaired) electrons. The third-order valence-electron chi connectivity index (χ3n) is 7.07. The van der Waals surface area contributed by atoms with Gasteiger partial charge in [-0.3, -0.25) is 4.79 Å². The van der Waals surface area contributed by atoms with Gasteiger partial charge >= 0.3 is 0 Å². The van der Waals surface area contributed by atoms with Crippen LogP contribution in [-0.4, -0.2) is 37.3 Å². The van der Waals surface area contributed by atoms with Gasteiger partial charge in [0.25, 0.3) is 0 Å². The van der Waals surface area contributed by atoms with Crippen LogP contribution in [0.15, 0.2) is 115 Å². The Hall–Kier alpha value is -3.38. The van der Waals surface area contributed by atoms with Crippen molar-refractivity contribution in [3.05, 3.63) is 138 Å². The second-order valence-electron chi connectivity index (χ2n) is 9.98. The van der Waals surface area contributed by atoms with Gasteiger partial charge in [0, 0.05) is 12.2 Å². The second-order valence-corrected chi connectivity index (χ2v) is 11.3. The summed E-state index contributed by atoms with van der Waals surface area (Å²) in [6.07, 6.45) is 4.55. The van der Waals surface area contributed by atoms with Gasteiger partial charge in [0.2, 0.25) is 5.12 Å². The summed E-state index contributed by atoms with van der Waals surface area (Å²) >= 11 is 1.29. The molecule has 0 aromatic heterocycles. The summed E-state index contributed by atoms with van der Waals surface area (Å²) in [5.74, 6) is 0.780. The van der Waals surface area contributed by atoms with Gasteiger partial charge < -0.3 is 14.2 Å². The highest BCUT2D eigenvalue weighted by molar-refractivity contribution is 8.14. The van der Waals surface area contributed by atoms with Crippen LogP contribution in [0.2, 0.25) is 0 Å². The third kappa shape index (κ3) is 8.32. The lowest BCUT2D eigenvalue weighted by molar-refractivity contribution is 0.00241. The molecule has 0 heterocycles. The van der Waals surface area contributed by atoms with Crippen LogP contribution in [0.5, 0.6) is 5.75 Å². The van der Waals surface area contributed by atoms with Crippen molar-refractivity contribution in [2.75, 3.05) is 26.9 Å². The Morgan fingerprint density at radius 3 is 1.83 bits per heavy atom. The molecule has 1 atom stereocenters. The quantitative estimate of drug-likeness (QED) is 0.100. The number of rotatable bonds is 16. The van der Waals surface area contributed by atoms with Gasteiger partial charge in [0.15, 0.2) is 0 Å². The van der Waals surface area contributed by atoms with Crippen molar-refractivity contribution in [3.8, 4) is 5.75 Å². The van der Waals surface area contributed by atoms with E-state index in [1.165, 1.54) is 24.6 Å². The molecular weight excluding hydrogens is 528 g/mol. The van der Waals surface area contributed by atoms with Crippen molar-refractivity contribution in [2.24, 2.45) is 0 Å². The zero-order chi connectivity index (χ0) is 28.8.